The quantitative estimate of drug-likeness (QED) is 0.523. The minimum Gasteiger partial charge on any atom is -0.455 e. The van der Waals surface area contributed by atoms with Gasteiger partial charge in [0.05, 0.1) is 12.3 Å². The molecule has 120 valence electrons. The largest absolute Gasteiger partial charge is 0.455 e. The number of nitrogens with two attached hydrogens (primary N) is 1. The zero-order valence-electron chi connectivity index (χ0n) is 12.6. The van der Waals surface area contributed by atoms with Crippen molar-refractivity contribution >= 4 is 11.8 Å². The molecule has 0 fully saturated rings. The SMILES string of the molecule is Cn1nnnc1SCC[NH2+]Cc1ccc(-c2ccc(F)cc2)o1. The van der Waals surface area contributed by atoms with Crippen LogP contribution in [0.3, 0.4) is 0 Å². The molecule has 0 aliphatic heterocycles. The van der Waals surface area contributed by atoms with Gasteiger partial charge in [0.25, 0.3) is 0 Å². The summed E-state index contributed by atoms with van der Waals surface area (Å²) in [4.78, 5) is 0. The Kier molecular flexibility index (Phi) is 5.04. The van der Waals surface area contributed by atoms with Crippen LogP contribution >= 0.6 is 11.8 Å². The number of nitrogens with zero attached hydrogens (tertiary/aromatic N) is 4. The number of furan rings is 1. The van der Waals surface area contributed by atoms with Gasteiger partial charge in [0.2, 0.25) is 5.16 Å². The van der Waals surface area contributed by atoms with Gasteiger partial charge in [-0.3, -0.25) is 0 Å². The summed E-state index contributed by atoms with van der Waals surface area (Å²) in [5.41, 5.74) is 0.878. The highest BCUT2D eigenvalue weighted by Gasteiger charge is 2.07. The van der Waals surface area contributed by atoms with Crippen LogP contribution in [0.5, 0.6) is 0 Å². The Morgan fingerprint density at radius 3 is 2.78 bits per heavy atom. The molecule has 23 heavy (non-hydrogen) atoms. The number of quaternary nitrogens is 1. The average molecular weight is 334 g/mol. The number of tetrazole rings is 1. The van der Waals surface area contributed by atoms with Crippen LogP contribution < -0.4 is 5.32 Å². The first-order chi connectivity index (χ1) is 11.2. The molecule has 2 N–H and O–H groups in total. The zero-order chi connectivity index (χ0) is 16.1. The van der Waals surface area contributed by atoms with Gasteiger partial charge in [-0.15, -0.1) is 5.10 Å². The van der Waals surface area contributed by atoms with Gasteiger partial charge in [0.15, 0.2) is 5.76 Å². The first kappa shape index (κ1) is 15.7. The molecule has 0 saturated heterocycles. The molecule has 0 radical (unpaired) electrons. The van der Waals surface area contributed by atoms with Crippen LogP contribution in [-0.4, -0.2) is 32.5 Å². The normalized spacial score (nSPS) is 11.0. The molecule has 2 aromatic heterocycles. The summed E-state index contributed by atoms with van der Waals surface area (Å²) >= 11 is 1.62. The maximum absolute atomic E-state index is 12.9. The maximum atomic E-state index is 12.9. The number of rotatable bonds is 7. The van der Waals surface area contributed by atoms with E-state index in [9.17, 15) is 4.39 Å². The lowest BCUT2D eigenvalue weighted by Crippen LogP contribution is -2.83. The third-order valence-electron chi connectivity index (χ3n) is 3.27. The summed E-state index contributed by atoms with van der Waals surface area (Å²) in [6.45, 7) is 1.70. The third kappa shape index (κ3) is 4.17. The van der Waals surface area contributed by atoms with E-state index >= 15 is 0 Å². The lowest BCUT2D eigenvalue weighted by Gasteiger charge is -2.00. The van der Waals surface area contributed by atoms with Crippen LogP contribution in [0.4, 0.5) is 4.39 Å². The van der Waals surface area contributed by atoms with Crippen molar-refractivity contribution < 1.29 is 14.1 Å². The van der Waals surface area contributed by atoms with Crippen molar-refractivity contribution in [3.8, 4) is 11.3 Å². The predicted octanol–water partition coefficient (Wildman–Crippen LogP) is 1.46. The fraction of sp³-hybridized carbons (Fsp3) is 0.267. The number of benzene rings is 1. The number of hydrogen-bond acceptors (Lipinski definition) is 5. The van der Waals surface area contributed by atoms with Gasteiger partial charge in [-0.1, -0.05) is 11.8 Å². The van der Waals surface area contributed by atoms with Crippen molar-refractivity contribution in [2.24, 2.45) is 7.05 Å². The molecule has 0 unspecified atom stereocenters. The second kappa shape index (κ2) is 7.38. The van der Waals surface area contributed by atoms with Gasteiger partial charge in [0, 0.05) is 12.6 Å². The van der Waals surface area contributed by atoms with E-state index in [4.69, 9.17) is 4.42 Å². The Labute approximate surface area is 137 Å². The van der Waals surface area contributed by atoms with Crippen molar-refractivity contribution in [2.75, 3.05) is 12.3 Å². The molecular formula is C15H17FN5OS+. The number of aryl methyl sites for hydroxylation is 1. The number of hydrogen-bond donors (Lipinski definition) is 1. The van der Waals surface area contributed by atoms with Gasteiger partial charge in [0.1, 0.15) is 18.1 Å². The summed E-state index contributed by atoms with van der Waals surface area (Å²) in [6.07, 6.45) is 0. The molecule has 0 aliphatic rings. The molecule has 3 aromatic rings. The number of thioether (sulfide) groups is 1. The highest BCUT2D eigenvalue weighted by molar-refractivity contribution is 7.99. The van der Waals surface area contributed by atoms with Crippen LogP contribution in [0.2, 0.25) is 0 Å². The molecule has 0 amide bonds. The summed E-state index contributed by atoms with van der Waals surface area (Å²) < 4.78 is 20.4. The van der Waals surface area contributed by atoms with Gasteiger partial charge in [-0.2, -0.15) is 0 Å². The summed E-state index contributed by atoms with van der Waals surface area (Å²) in [6, 6.07) is 10.2. The van der Waals surface area contributed by atoms with Crippen LogP contribution in [0.25, 0.3) is 11.3 Å². The van der Waals surface area contributed by atoms with E-state index in [2.05, 4.69) is 20.8 Å². The molecular weight excluding hydrogens is 317 g/mol. The molecule has 0 saturated carbocycles. The molecule has 0 spiro atoms. The van der Waals surface area contributed by atoms with E-state index in [1.165, 1.54) is 12.1 Å². The molecule has 3 rings (SSSR count). The second-order valence-corrected chi connectivity index (χ2v) is 6.05. The molecule has 2 heterocycles. The summed E-state index contributed by atoms with van der Waals surface area (Å²) in [5, 5.41) is 14.3. The van der Waals surface area contributed by atoms with Crippen molar-refractivity contribution in [2.45, 2.75) is 11.7 Å². The molecule has 8 heteroatoms. The number of aromatic nitrogens is 4. The fourth-order valence-corrected chi connectivity index (χ4v) is 2.86. The Morgan fingerprint density at radius 2 is 2.04 bits per heavy atom. The van der Waals surface area contributed by atoms with Crippen molar-refractivity contribution in [3.63, 3.8) is 0 Å². The molecule has 0 bridgehead atoms. The lowest BCUT2D eigenvalue weighted by molar-refractivity contribution is -0.668. The van der Waals surface area contributed by atoms with E-state index in [0.717, 1.165) is 41.1 Å². The average Bonchev–Trinajstić information content (AvgIpc) is 3.17. The van der Waals surface area contributed by atoms with Gasteiger partial charge >= 0.3 is 0 Å². The highest BCUT2D eigenvalue weighted by atomic mass is 32.2. The summed E-state index contributed by atoms with van der Waals surface area (Å²) in [7, 11) is 1.83. The molecule has 0 atom stereocenters. The summed E-state index contributed by atoms with van der Waals surface area (Å²) in [5.74, 6) is 2.33. The predicted molar refractivity (Wildman–Crippen MR) is 84.1 cm³/mol. The zero-order valence-corrected chi connectivity index (χ0v) is 13.5. The van der Waals surface area contributed by atoms with Crippen LogP contribution in [0.15, 0.2) is 46.0 Å². The second-order valence-electron chi connectivity index (χ2n) is 4.99. The smallest absolute Gasteiger partial charge is 0.209 e. The highest BCUT2D eigenvalue weighted by Crippen LogP contribution is 2.21. The first-order valence-electron chi connectivity index (χ1n) is 7.24. The standard InChI is InChI=1S/C15H16FN5OS/c1-21-15(18-19-20-21)23-9-8-17-10-13-6-7-14(22-13)11-2-4-12(16)5-3-11/h2-7,17H,8-10H2,1H3/p+1. The van der Waals surface area contributed by atoms with E-state index in [1.807, 2.05) is 19.2 Å². The van der Waals surface area contributed by atoms with Crippen molar-refractivity contribution in [1.29, 1.82) is 0 Å². The minimum atomic E-state index is -0.246. The van der Waals surface area contributed by atoms with Gasteiger partial charge in [-0.05, 0) is 46.8 Å². The number of halogens is 1. The molecule has 0 aliphatic carbocycles. The van der Waals surface area contributed by atoms with Crippen LogP contribution in [0, 0.1) is 5.82 Å². The van der Waals surface area contributed by atoms with E-state index < -0.39 is 0 Å². The Morgan fingerprint density at radius 1 is 1.22 bits per heavy atom. The topological polar surface area (TPSA) is 73.3 Å². The molecule has 6 nitrogen and oxygen atoms in total. The van der Waals surface area contributed by atoms with E-state index in [-0.39, 0.29) is 5.82 Å². The Balaban J connectivity index is 1.44. The van der Waals surface area contributed by atoms with Crippen LogP contribution in [-0.2, 0) is 13.6 Å². The lowest BCUT2D eigenvalue weighted by atomic mass is 10.2. The monoisotopic (exact) mass is 334 g/mol. The Bertz CT molecular complexity index is 755. The third-order valence-corrected chi connectivity index (χ3v) is 4.31. The maximum Gasteiger partial charge on any atom is 0.209 e. The van der Waals surface area contributed by atoms with Crippen molar-refractivity contribution in [3.05, 3.63) is 48.0 Å². The Hall–Kier alpha value is -2.19. The minimum absolute atomic E-state index is 0.246. The van der Waals surface area contributed by atoms with Gasteiger partial charge in [-0.25, -0.2) is 9.07 Å². The fourth-order valence-electron chi connectivity index (χ4n) is 2.08. The van der Waals surface area contributed by atoms with Crippen molar-refractivity contribution in [1.82, 2.24) is 20.2 Å². The van der Waals surface area contributed by atoms with Crippen LogP contribution in [0.1, 0.15) is 5.76 Å². The molecule has 1 aromatic carbocycles. The van der Waals surface area contributed by atoms with E-state index in [1.54, 1.807) is 28.6 Å². The first-order valence-corrected chi connectivity index (χ1v) is 8.22. The van der Waals surface area contributed by atoms with Gasteiger partial charge < -0.3 is 9.73 Å². The van der Waals surface area contributed by atoms with E-state index in [0.29, 0.717) is 0 Å².